The summed E-state index contributed by atoms with van der Waals surface area (Å²) in [6.45, 7) is 4.20. The summed E-state index contributed by atoms with van der Waals surface area (Å²) in [5.41, 5.74) is 2.55. The van der Waals surface area contributed by atoms with Crippen molar-refractivity contribution in [1.29, 1.82) is 0 Å². The summed E-state index contributed by atoms with van der Waals surface area (Å²) >= 11 is 0. The van der Waals surface area contributed by atoms with E-state index in [1.807, 2.05) is 29.2 Å². The smallest absolute Gasteiger partial charge is 0.186 e. The third-order valence-corrected chi connectivity index (χ3v) is 9.35. The van der Waals surface area contributed by atoms with Crippen molar-refractivity contribution in [3.63, 3.8) is 0 Å². The third-order valence-electron chi connectivity index (χ3n) is 9.35. The van der Waals surface area contributed by atoms with Crippen LogP contribution >= 0.6 is 0 Å². The zero-order chi connectivity index (χ0) is 30.0. The van der Waals surface area contributed by atoms with Gasteiger partial charge in [-0.3, -0.25) is 14.4 Å². The zero-order valence-electron chi connectivity index (χ0n) is 24.1. The van der Waals surface area contributed by atoms with Crippen molar-refractivity contribution in [1.82, 2.24) is 0 Å². The number of rotatable bonds is 5. The molecule has 1 aliphatic carbocycles. The summed E-state index contributed by atoms with van der Waals surface area (Å²) in [6, 6.07) is 24.4. The average Bonchev–Trinajstić information content (AvgIpc) is 3.46. The van der Waals surface area contributed by atoms with E-state index in [0.29, 0.717) is 33.7 Å². The lowest BCUT2D eigenvalue weighted by Gasteiger charge is -2.37. The van der Waals surface area contributed by atoms with Gasteiger partial charge >= 0.3 is 0 Å². The van der Waals surface area contributed by atoms with Crippen molar-refractivity contribution in [2.45, 2.75) is 37.8 Å². The van der Waals surface area contributed by atoms with Gasteiger partial charge in [0.1, 0.15) is 23.0 Å². The molecule has 1 saturated heterocycles. The summed E-state index contributed by atoms with van der Waals surface area (Å²) < 4.78 is 19.9. The van der Waals surface area contributed by atoms with Crippen LogP contribution in [-0.2, 0) is 0 Å². The molecule has 3 aliphatic rings. The number of methoxy groups -OCH3 is 1. The lowest BCUT2D eigenvalue weighted by Crippen LogP contribution is -2.48. The van der Waals surface area contributed by atoms with Gasteiger partial charge in [-0.05, 0) is 47.4 Å². The second-order valence-corrected chi connectivity index (χ2v) is 11.8. The van der Waals surface area contributed by atoms with Crippen molar-refractivity contribution in [3.8, 4) is 5.75 Å². The number of halogens is 1. The highest BCUT2D eigenvalue weighted by Crippen LogP contribution is 2.61. The molecule has 1 fully saturated rings. The molecule has 7 rings (SSSR count). The van der Waals surface area contributed by atoms with Crippen LogP contribution in [0.25, 0.3) is 6.08 Å². The van der Waals surface area contributed by atoms with Gasteiger partial charge in [0.05, 0.1) is 13.2 Å². The maximum atomic E-state index is 14.8. The van der Waals surface area contributed by atoms with Crippen LogP contribution in [0.1, 0.15) is 73.4 Å². The first-order valence-electron chi connectivity index (χ1n) is 14.5. The predicted molar refractivity (Wildman–Crippen MR) is 164 cm³/mol. The number of benzene rings is 4. The Hall–Kier alpha value is -4.84. The van der Waals surface area contributed by atoms with Crippen LogP contribution in [-0.4, -0.2) is 36.5 Å². The first kappa shape index (κ1) is 27.0. The minimum atomic E-state index is -1.61. The Morgan fingerprint density at radius 3 is 2.23 bits per heavy atom. The van der Waals surface area contributed by atoms with Crippen molar-refractivity contribution >= 4 is 29.1 Å². The molecule has 2 aliphatic heterocycles. The molecule has 4 aromatic carbocycles. The Balaban J connectivity index is 1.53. The summed E-state index contributed by atoms with van der Waals surface area (Å²) in [5.74, 6) is -1.28. The molecule has 1 spiro atoms. The lowest BCUT2D eigenvalue weighted by molar-refractivity contribution is 0.0666. The highest BCUT2D eigenvalue weighted by molar-refractivity contribution is 6.32. The van der Waals surface area contributed by atoms with E-state index in [-0.39, 0.29) is 23.3 Å². The Morgan fingerprint density at radius 1 is 0.884 bits per heavy atom. The Morgan fingerprint density at radius 2 is 1.58 bits per heavy atom. The van der Waals surface area contributed by atoms with Crippen molar-refractivity contribution in [2.75, 3.05) is 12.0 Å². The van der Waals surface area contributed by atoms with Crippen LogP contribution in [0.2, 0.25) is 0 Å². The van der Waals surface area contributed by atoms with E-state index in [1.165, 1.54) is 19.2 Å². The van der Waals surface area contributed by atoms with Crippen molar-refractivity contribution in [2.24, 2.45) is 5.41 Å². The number of carbonyl (C=O) groups excluding carboxylic acids is 3. The highest BCUT2D eigenvalue weighted by atomic mass is 19.1. The second kappa shape index (κ2) is 9.87. The molecule has 3 atom stereocenters. The molecule has 43 heavy (non-hydrogen) atoms. The van der Waals surface area contributed by atoms with Crippen molar-refractivity contribution in [3.05, 3.63) is 136 Å². The van der Waals surface area contributed by atoms with E-state index in [4.69, 9.17) is 4.74 Å². The number of ether oxygens (including phenoxy) is 1. The van der Waals surface area contributed by atoms with Gasteiger partial charge in [-0.15, -0.1) is 0 Å². The van der Waals surface area contributed by atoms with E-state index < -0.39 is 29.2 Å². The third kappa shape index (κ3) is 3.79. The Labute approximate surface area is 249 Å². The molecule has 4 aromatic rings. The number of ketones is 3. The number of hydrogen-bond acceptors (Lipinski definition) is 5. The highest BCUT2D eigenvalue weighted by Gasteiger charge is 2.71. The molecule has 0 N–H and O–H groups in total. The van der Waals surface area contributed by atoms with Crippen LogP contribution in [0, 0.1) is 11.2 Å². The molecule has 214 valence electrons. The van der Waals surface area contributed by atoms with Crippen LogP contribution in [0.3, 0.4) is 0 Å². The summed E-state index contributed by atoms with van der Waals surface area (Å²) in [7, 11) is 1.54. The molecule has 0 aromatic heterocycles. The molecule has 0 amide bonds. The first-order chi connectivity index (χ1) is 20.8. The fourth-order valence-corrected chi connectivity index (χ4v) is 7.36. The molecule has 0 bridgehead atoms. The van der Waals surface area contributed by atoms with Gasteiger partial charge in [0.2, 0.25) is 0 Å². The second-order valence-electron chi connectivity index (χ2n) is 11.8. The fourth-order valence-electron chi connectivity index (χ4n) is 7.36. The maximum Gasteiger partial charge on any atom is 0.186 e. The SMILES string of the molecule is COc1cccc(C(=O)[C@H]2[C@@H](c3ccc(C(C)C)cc3)C3(C(=O)c4ccccc4C3=O)[C@H]3C=Cc4cc(F)ccc4N23)c1. The van der Waals surface area contributed by atoms with Crippen LogP contribution in [0.5, 0.6) is 5.75 Å². The topological polar surface area (TPSA) is 63.7 Å². The molecule has 0 radical (unpaired) electrons. The van der Waals surface area contributed by atoms with Gasteiger partial charge in [0, 0.05) is 33.9 Å². The monoisotopic (exact) mass is 571 g/mol. The van der Waals surface area contributed by atoms with Crippen molar-refractivity contribution < 1.29 is 23.5 Å². The number of carbonyl (C=O) groups is 3. The quantitative estimate of drug-likeness (QED) is 0.186. The van der Waals surface area contributed by atoms with E-state index in [9.17, 15) is 18.8 Å². The predicted octanol–water partition coefficient (Wildman–Crippen LogP) is 7.27. The number of anilines is 1. The van der Waals surface area contributed by atoms with Gasteiger partial charge in [0.25, 0.3) is 0 Å². The fraction of sp³-hybridized carbons (Fsp3) is 0.216. The number of nitrogens with zero attached hydrogens (tertiary/aromatic N) is 1. The van der Waals surface area contributed by atoms with E-state index in [2.05, 4.69) is 13.8 Å². The van der Waals surface area contributed by atoms with Gasteiger partial charge in [-0.1, -0.05) is 86.7 Å². The standard InChI is InChI=1S/C37H30FNO4/c1-21(2)22-11-13-23(14-12-22)32-33(34(40)25-7-6-8-27(20-25)43-3)39-30-17-16-26(38)19-24(30)15-18-31(39)37(32)35(41)28-9-4-5-10-29(28)36(37)42/h4-21,31-33H,1-3H3/t31-,32-,33-/m1/s1. The molecule has 2 heterocycles. The Kier molecular flexibility index (Phi) is 6.20. The van der Waals surface area contributed by atoms with Gasteiger partial charge < -0.3 is 9.64 Å². The molecule has 0 unspecified atom stereocenters. The molecule has 6 heteroatoms. The minimum absolute atomic E-state index is 0.249. The normalized spacial score (nSPS) is 21.2. The summed E-state index contributed by atoms with van der Waals surface area (Å²) in [6.07, 6.45) is 3.57. The van der Waals surface area contributed by atoms with Gasteiger partial charge in [-0.25, -0.2) is 4.39 Å². The van der Waals surface area contributed by atoms with E-state index >= 15 is 0 Å². The van der Waals surface area contributed by atoms with Crippen LogP contribution in [0.15, 0.2) is 97.1 Å². The van der Waals surface area contributed by atoms with Crippen LogP contribution in [0.4, 0.5) is 10.1 Å². The average molecular weight is 572 g/mol. The minimum Gasteiger partial charge on any atom is -0.497 e. The van der Waals surface area contributed by atoms with E-state index in [0.717, 1.165) is 11.1 Å². The van der Waals surface area contributed by atoms with Crippen LogP contribution < -0.4 is 9.64 Å². The molecular formula is C37H30FNO4. The van der Waals surface area contributed by atoms with Gasteiger partial charge in [-0.2, -0.15) is 0 Å². The zero-order valence-corrected chi connectivity index (χ0v) is 24.1. The number of Topliss-reactive ketones (excluding diaryl/α,β-unsaturated/α-hetero) is 3. The summed E-state index contributed by atoms with van der Waals surface area (Å²) in [5, 5.41) is 0. The lowest BCUT2D eigenvalue weighted by atomic mass is 9.64. The van der Waals surface area contributed by atoms with Gasteiger partial charge in [0.15, 0.2) is 17.3 Å². The summed E-state index contributed by atoms with van der Waals surface area (Å²) in [4.78, 5) is 46.2. The maximum absolute atomic E-state index is 14.8. The first-order valence-corrected chi connectivity index (χ1v) is 14.5. The molecular weight excluding hydrogens is 541 g/mol. The number of hydrogen-bond donors (Lipinski definition) is 0. The Bertz CT molecular complexity index is 1800. The molecule has 0 saturated carbocycles. The van der Waals surface area contributed by atoms with E-state index in [1.54, 1.807) is 66.7 Å². The number of fused-ring (bicyclic) bond motifs is 5. The largest absolute Gasteiger partial charge is 0.497 e. The molecule has 5 nitrogen and oxygen atoms in total.